The number of rotatable bonds is 7. The molecule has 0 atom stereocenters. The Morgan fingerprint density at radius 3 is 2.80 bits per heavy atom. The zero-order valence-electron chi connectivity index (χ0n) is 12.3. The Labute approximate surface area is 121 Å². The number of hydrogen-bond donors (Lipinski definition) is 1. The summed E-state index contributed by atoms with van der Waals surface area (Å²) in [6, 6.07) is 14.7. The van der Waals surface area contributed by atoms with E-state index in [4.69, 9.17) is 0 Å². The topological polar surface area (TPSA) is 28.2 Å². The fraction of sp³-hybridized carbons (Fsp3) is 0.353. The van der Waals surface area contributed by atoms with Crippen molar-refractivity contribution in [1.82, 2.24) is 15.2 Å². The van der Waals surface area contributed by atoms with Crippen molar-refractivity contribution in [3.8, 4) is 0 Å². The van der Waals surface area contributed by atoms with E-state index in [0.29, 0.717) is 0 Å². The van der Waals surface area contributed by atoms with Gasteiger partial charge >= 0.3 is 0 Å². The third kappa shape index (κ3) is 5.11. The van der Waals surface area contributed by atoms with Crippen LogP contribution in [0.1, 0.15) is 16.8 Å². The molecule has 3 nitrogen and oxygen atoms in total. The molecule has 0 amide bonds. The quantitative estimate of drug-likeness (QED) is 0.783. The molecular weight excluding hydrogens is 246 g/mol. The molecule has 1 aromatic carbocycles. The molecule has 1 aromatic heterocycles. The Kier molecular flexibility index (Phi) is 5.71. The van der Waals surface area contributed by atoms with Gasteiger partial charge in [0, 0.05) is 32.4 Å². The molecule has 0 bridgehead atoms. The summed E-state index contributed by atoms with van der Waals surface area (Å²) in [5.41, 5.74) is 3.79. The molecule has 0 saturated carbocycles. The molecule has 20 heavy (non-hydrogen) atoms. The van der Waals surface area contributed by atoms with Crippen LogP contribution in [0.2, 0.25) is 0 Å². The summed E-state index contributed by atoms with van der Waals surface area (Å²) in [5.74, 6) is 0. The summed E-state index contributed by atoms with van der Waals surface area (Å²) in [5, 5.41) is 3.43. The maximum absolute atomic E-state index is 4.30. The number of hydrogen-bond acceptors (Lipinski definition) is 3. The van der Waals surface area contributed by atoms with Crippen molar-refractivity contribution >= 4 is 0 Å². The van der Waals surface area contributed by atoms with Crippen LogP contribution in [0.5, 0.6) is 0 Å². The van der Waals surface area contributed by atoms with Crippen molar-refractivity contribution in [2.75, 3.05) is 20.1 Å². The van der Waals surface area contributed by atoms with Crippen LogP contribution in [-0.2, 0) is 13.1 Å². The van der Waals surface area contributed by atoms with Crippen LogP contribution in [0.3, 0.4) is 0 Å². The van der Waals surface area contributed by atoms with Crippen LogP contribution in [0, 0.1) is 6.92 Å². The van der Waals surface area contributed by atoms with Crippen molar-refractivity contribution in [2.45, 2.75) is 20.0 Å². The molecular formula is C17H23N3. The molecule has 0 aliphatic carbocycles. The summed E-state index contributed by atoms with van der Waals surface area (Å²) in [6.07, 6.45) is 1.83. The van der Waals surface area contributed by atoms with Gasteiger partial charge in [0.15, 0.2) is 0 Å². The van der Waals surface area contributed by atoms with Gasteiger partial charge < -0.3 is 10.2 Å². The standard InChI is InChI=1S/C17H23N3/c1-15-6-5-7-16(12-15)14-20(2)11-10-18-13-17-8-3-4-9-19-17/h3-9,12,18H,10-11,13-14H2,1-2H3. The minimum atomic E-state index is 0.832. The van der Waals surface area contributed by atoms with Crippen LogP contribution in [-0.4, -0.2) is 30.0 Å². The molecule has 0 radical (unpaired) electrons. The van der Waals surface area contributed by atoms with Crippen molar-refractivity contribution < 1.29 is 0 Å². The fourth-order valence-corrected chi connectivity index (χ4v) is 2.19. The van der Waals surface area contributed by atoms with Gasteiger partial charge in [-0.25, -0.2) is 0 Å². The number of nitrogens with zero attached hydrogens (tertiary/aromatic N) is 2. The second-order valence-electron chi connectivity index (χ2n) is 5.22. The SMILES string of the molecule is Cc1cccc(CN(C)CCNCc2ccccn2)c1. The summed E-state index contributed by atoms with van der Waals surface area (Å²) in [4.78, 5) is 6.63. The maximum atomic E-state index is 4.30. The van der Waals surface area contributed by atoms with E-state index < -0.39 is 0 Å². The normalized spacial score (nSPS) is 10.9. The number of benzene rings is 1. The van der Waals surface area contributed by atoms with E-state index in [1.165, 1.54) is 11.1 Å². The van der Waals surface area contributed by atoms with E-state index in [-0.39, 0.29) is 0 Å². The molecule has 2 aromatic rings. The largest absolute Gasteiger partial charge is 0.310 e. The third-order valence-electron chi connectivity index (χ3n) is 3.24. The Balaban J connectivity index is 1.66. The van der Waals surface area contributed by atoms with Gasteiger partial charge in [0.25, 0.3) is 0 Å². The molecule has 0 unspecified atom stereocenters. The predicted octanol–water partition coefficient (Wildman–Crippen LogP) is 2.61. The first-order chi connectivity index (χ1) is 9.74. The average molecular weight is 269 g/mol. The molecule has 1 N–H and O–H groups in total. The van der Waals surface area contributed by atoms with Crippen LogP contribution in [0.25, 0.3) is 0 Å². The van der Waals surface area contributed by atoms with E-state index in [9.17, 15) is 0 Å². The van der Waals surface area contributed by atoms with E-state index in [1.54, 1.807) is 0 Å². The number of aryl methyl sites for hydroxylation is 1. The summed E-state index contributed by atoms with van der Waals surface area (Å²) < 4.78 is 0. The van der Waals surface area contributed by atoms with Gasteiger partial charge in [0.05, 0.1) is 5.69 Å². The van der Waals surface area contributed by atoms with Crippen LogP contribution in [0.4, 0.5) is 0 Å². The summed E-state index contributed by atoms with van der Waals surface area (Å²) in [7, 11) is 2.16. The van der Waals surface area contributed by atoms with Gasteiger partial charge in [-0.2, -0.15) is 0 Å². The molecule has 2 rings (SSSR count). The molecule has 3 heteroatoms. The Bertz CT molecular complexity index is 511. The zero-order chi connectivity index (χ0) is 14.2. The zero-order valence-corrected chi connectivity index (χ0v) is 12.3. The lowest BCUT2D eigenvalue weighted by Crippen LogP contribution is -2.28. The van der Waals surface area contributed by atoms with Gasteiger partial charge in [-0.05, 0) is 31.7 Å². The van der Waals surface area contributed by atoms with Gasteiger partial charge in [0.1, 0.15) is 0 Å². The molecule has 0 saturated heterocycles. The first-order valence-corrected chi connectivity index (χ1v) is 7.09. The van der Waals surface area contributed by atoms with Crippen molar-refractivity contribution in [3.63, 3.8) is 0 Å². The summed E-state index contributed by atoms with van der Waals surface area (Å²) >= 11 is 0. The second-order valence-corrected chi connectivity index (χ2v) is 5.22. The smallest absolute Gasteiger partial charge is 0.0541 e. The van der Waals surface area contributed by atoms with Crippen LogP contribution < -0.4 is 5.32 Å². The fourth-order valence-electron chi connectivity index (χ4n) is 2.19. The van der Waals surface area contributed by atoms with Gasteiger partial charge in [0.2, 0.25) is 0 Å². The minimum Gasteiger partial charge on any atom is -0.310 e. The minimum absolute atomic E-state index is 0.832. The third-order valence-corrected chi connectivity index (χ3v) is 3.24. The monoisotopic (exact) mass is 269 g/mol. The van der Waals surface area contributed by atoms with Gasteiger partial charge in [-0.15, -0.1) is 0 Å². The maximum Gasteiger partial charge on any atom is 0.0541 e. The van der Waals surface area contributed by atoms with Crippen LogP contribution >= 0.6 is 0 Å². The average Bonchev–Trinajstić information content (AvgIpc) is 2.45. The first kappa shape index (κ1) is 14.7. The molecule has 0 aliphatic heterocycles. The van der Waals surface area contributed by atoms with E-state index in [0.717, 1.165) is 31.9 Å². The van der Waals surface area contributed by atoms with E-state index in [1.807, 2.05) is 24.4 Å². The van der Waals surface area contributed by atoms with E-state index in [2.05, 4.69) is 53.4 Å². The van der Waals surface area contributed by atoms with Gasteiger partial charge in [-0.1, -0.05) is 35.9 Å². The lowest BCUT2D eigenvalue weighted by atomic mass is 10.1. The highest BCUT2D eigenvalue weighted by atomic mass is 15.1. The number of likely N-dealkylation sites (N-methyl/N-ethyl adjacent to an activating group) is 1. The first-order valence-electron chi connectivity index (χ1n) is 7.09. The number of aromatic nitrogens is 1. The molecule has 0 spiro atoms. The Hall–Kier alpha value is -1.71. The van der Waals surface area contributed by atoms with Crippen molar-refractivity contribution in [1.29, 1.82) is 0 Å². The Morgan fingerprint density at radius 2 is 2.05 bits per heavy atom. The van der Waals surface area contributed by atoms with Gasteiger partial charge in [-0.3, -0.25) is 4.98 Å². The van der Waals surface area contributed by atoms with Crippen LogP contribution in [0.15, 0.2) is 48.7 Å². The molecule has 0 fully saturated rings. The highest BCUT2D eigenvalue weighted by Crippen LogP contribution is 2.06. The highest BCUT2D eigenvalue weighted by Gasteiger charge is 2.00. The molecule has 106 valence electrons. The second kappa shape index (κ2) is 7.78. The lowest BCUT2D eigenvalue weighted by molar-refractivity contribution is 0.324. The Morgan fingerprint density at radius 1 is 1.15 bits per heavy atom. The molecule has 0 aliphatic rings. The number of nitrogens with one attached hydrogen (secondary N) is 1. The lowest BCUT2D eigenvalue weighted by Gasteiger charge is -2.17. The van der Waals surface area contributed by atoms with Crippen molar-refractivity contribution in [2.24, 2.45) is 0 Å². The predicted molar refractivity (Wildman–Crippen MR) is 83.5 cm³/mol. The highest BCUT2D eigenvalue weighted by molar-refractivity contribution is 5.21. The number of pyridine rings is 1. The van der Waals surface area contributed by atoms with E-state index >= 15 is 0 Å². The summed E-state index contributed by atoms with van der Waals surface area (Å²) in [6.45, 7) is 5.96. The van der Waals surface area contributed by atoms with Crippen molar-refractivity contribution in [3.05, 3.63) is 65.5 Å². The molecule has 1 heterocycles.